The molecule has 0 atom stereocenters. The molecule has 0 saturated heterocycles. The molecule has 2 N–H and O–H groups in total. The molecule has 0 bridgehead atoms. The first-order valence-electron chi connectivity index (χ1n) is 6.08. The molecule has 0 fully saturated rings. The topological polar surface area (TPSA) is 67.4 Å². The van der Waals surface area contributed by atoms with Crippen LogP contribution in [-0.2, 0) is 10.2 Å². The third-order valence-corrected chi connectivity index (χ3v) is 2.57. The lowest BCUT2D eigenvalue weighted by molar-refractivity contribution is -0.122. The number of nitrogens with one attached hydrogen (secondary N) is 2. The Morgan fingerprint density at radius 1 is 1.16 bits per heavy atom. The van der Waals surface area contributed by atoms with Crippen LogP contribution in [0.4, 0.5) is 4.79 Å². The monoisotopic (exact) mass is 264 g/mol. The van der Waals surface area contributed by atoms with E-state index in [1.807, 2.05) is 24.3 Å². The largest absolute Gasteiger partial charge is 0.484 e. The van der Waals surface area contributed by atoms with E-state index in [9.17, 15) is 9.59 Å². The zero-order valence-corrected chi connectivity index (χ0v) is 11.7. The van der Waals surface area contributed by atoms with Gasteiger partial charge in [0.05, 0.1) is 0 Å². The molecule has 5 nitrogen and oxygen atoms in total. The molecule has 0 aliphatic carbocycles. The number of ether oxygens (including phenoxy) is 1. The van der Waals surface area contributed by atoms with E-state index in [1.165, 1.54) is 12.6 Å². The number of rotatable bonds is 3. The van der Waals surface area contributed by atoms with Crippen LogP contribution in [0.3, 0.4) is 0 Å². The Bertz CT molecular complexity index is 447. The molecule has 0 saturated carbocycles. The standard InChI is InChI=1S/C14H20N2O3/c1-14(2,3)10-5-7-11(8-6-10)19-9-12(17)16-13(18)15-4/h5-8H,9H2,1-4H3,(H2,15,16,17,18). The minimum atomic E-state index is -0.545. The normalized spacial score (nSPS) is 10.7. The second-order valence-electron chi connectivity index (χ2n) is 5.19. The SMILES string of the molecule is CNC(=O)NC(=O)COc1ccc(C(C)(C)C)cc1. The lowest BCUT2D eigenvalue weighted by Gasteiger charge is -2.19. The molecule has 3 amide bonds. The Morgan fingerprint density at radius 3 is 2.21 bits per heavy atom. The Morgan fingerprint density at radius 2 is 1.74 bits per heavy atom. The van der Waals surface area contributed by atoms with Crippen LogP contribution in [0.2, 0.25) is 0 Å². The third-order valence-electron chi connectivity index (χ3n) is 2.57. The fourth-order valence-corrected chi connectivity index (χ4v) is 1.43. The van der Waals surface area contributed by atoms with Crippen LogP contribution in [0.25, 0.3) is 0 Å². The molecule has 1 aromatic rings. The molecule has 1 rings (SSSR count). The number of benzene rings is 1. The van der Waals surface area contributed by atoms with Crippen LogP contribution in [0.1, 0.15) is 26.3 Å². The second kappa shape index (κ2) is 6.22. The predicted molar refractivity (Wildman–Crippen MR) is 73.2 cm³/mol. The molecule has 0 unspecified atom stereocenters. The average Bonchev–Trinajstić information content (AvgIpc) is 2.35. The Balaban J connectivity index is 2.51. The fraction of sp³-hybridized carbons (Fsp3) is 0.429. The Hall–Kier alpha value is -2.04. The van der Waals surface area contributed by atoms with Crippen LogP contribution >= 0.6 is 0 Å². The van der Waals surface area contributed by atoms with Gasteiger partial charge in [-0.25, -0.2) is 4.79 Å². The van der Waals surface area contributed by atoms with Crippen LogP contribution in [-0.4, -0.2) is 25.6 Å². The molecule has 0 aromatic heterocycles. The number of amides is 3. The summed E-state index contributed by atoms with van der Waals surface area (Å²) in [4.78, 5) is 22.2. The van der Waals surface area contributed by atoms with Crippen LogP contribution < -0.4 is 15.4 Å². The zero-order valence-electron chi connectivity index (χ0n) is 11.7. The van der Waals surface area contributed by atoms with Gasteiger partial charge in [0.2, 0.25) is 0 Å². The summed E-state index contributed by atoms with van der Waals surface area (Å²) in [6.45, 7) is 6.18. The first-order valence-corrected chi connectivity index (χ1v) is 6.08. The van der Waals surface area contributed by atoms with Crippen molar-refractivity contribution in [3.05, 3.63) is 29.8 Å². The first-order chi connectivity index (χ1) is 8.82. The smallest absolute Gasteiger partial charge is 0.321 e. The van der Waals surface area contributed by atoms with Crippen molar-refractivity contribution >= 4 is 11.9 Å². The van der Waals surface area contributed by atoms with E-state index in [1.54, 1.807) is 0 Å². The summed E-state index contributed by atoms with van der Waals surface area (Å²) in [5.41, 5.74) is 1.27. The second-order valence-corrected chi connectivity index (χ2v) is 5.19. The van der Waals surface area contributed by atoms with Crippen molar-refractivity contribution in [1.82, 2.24) is 10.6 Å². The number of carbonyl (C=O) groups is 2. The summed E-state index contributed by atoms with van der Waals surface area (Å²) in [6, 6.07) is 7.01. The maximum absolute atomic E-state index is 11.3. The molecule has 104 valence electrons. The number of hydrogen-bond acceptors (Lipinski definition) is 3. The zero-order chi connectivity index (χ0) is 14.5. The number of urea groups is 1. The molecule has 0 spiro atoms. The van der Waals surface area contributed by atoms with Crippen molar-refractivity contribution in [1.29, 1.82) is 0 Å². The lowest BCUT2D eigenvalue weighted by Crippen LogP contribution is -2.39. The summed E-state index contributed by atoms with van der Waals surface area (Å²) >= 11 is 0. The Labute approximate surface area is 113 Å². The van der Waals surface area contributed by atoms with E-state index in [0.717, 1.165) is 0 Å². The van der Waals surface area contributed by atoms with Crippen molar-refractivity contribution < 1.29 is 14.3 Å². The quantitative estimate of drug-likeness (QED) is 0.875. The van der Waals surface area contributed by atoms with E-state index in [-0.39, 0.29) is 12.0 Å². The summed E-state index contributed by atoms with van der Waals surface area (Å²) in [5, 5.41) is 4.41. The molecule has 5 heteroatoms. The fourth-order valence-electron chi connectivity index (χ4n) is 1.43. The number of hydrogen-bond donors (Lipinski definition) is 2. The van der Waals surface area contributed by atoms with Crippen molar-refractivity contribution in [3.63, 3.8) is 0 Å². The predicted octanol–water partition coefficient (Wildman–Crippen LogP) is 1.82. The van der Waals surface area contributed by atoms with Gasteiger partial charge in [-0.2, -0.15) is 0 Å². The maximum Gasteiger partial charge on any atom is 0.321 e. The van der Waals surface area contributed by atoms with E-state index in [4.69, 9.17) is 4.74 Å². The highest BCUT2D eigenvalue weighted by Gasteiger charge is 2.13. The highest BCUT2D eigenvalue weighted by atomic mass is 16.5. The minimum absolute atomic E-state index is 0.0785. The molecular weight excluding hydrogens is 244 g/mol. The van der Waals surface area contributed by atoms with Gasteiger partial charge in [-0.3, -0.25) is 10.1 Å². The van der Waals surface area contributed by atoms with Gasteiger partial charge in [-0.05, 0) is 23.1 Å². The maximum atomic E-state index is 11.3. The molecule has 0 aliphatic heterocycles. The summed E-state index contributed by atoms with van der Waals surface area (Å²) in [6.07, 6.45) is 0. The molecule has 0 aliphatic rings. The van der Waals surface area contributed by atoms with Gasteiger partial charge in [0, 0.05) is 7.05 Å². The molecule has 1 aromatic carbocycles. The van der Waals surface area contributed by atoms with Crippen molar-refractivity contribution in [3.8, 4) is 5.75 Å². The number of carbonyl (C=O) groups excluding carboxylic acids is 2. The molecular formula is C14H20N2O3. The van der Waals surface area contributed by atoms with Crippen molar-refractivity contribution in [2.24, 2.45) is 0 Å². The van der Waals surface area contributed by atoms with Gasteiger partial charge in [0.1, 0.15) is 5.75 Å². The number of imide groups is 1. The minimum Gasteiger partial charge on any atom is -0.484 e. The van der Waals surface area contributed by atoms with Gasteiger partial charge in [0.25, 0.3) is 5.91 Å². The Kier molecular flexibility index (Phi) is 4.92. The highest BCUT2D eigenvalue weighted by molar-refractivity contribution is 5.94. The van der Waals surface area contributed by atoms with E-state index >= 15 is 0 Å². The van der Waals surface area contributed by atoms with Crippen LogP contribution in [0.15, 0.2) is 24.3 Å². The highest BCUT2D eigenvalue weighted by Crippen LogP contribution is 2.24. The average molecular weight is 264 g/mol. The van der Waals surface area contributed by atoms with Gasteiger partial charge < -0.3 is 10.1 Å². The van der Waals surface area contributed by atoms with Gasteiger partial charge in [-0.1, -0.05) is 32.9 Å². The van der Waals surface area contributed by atoms with Crippen molar-refractivity contribution in [2.75, 3.05) is 13.7 Å². The van der Waals surface area contributed by atoms with E-state index in [2.05, 4.69) is 31.4 Å². The summed E-state index contributed by atoms with van der Waals surface area (Å²) in [7, 11) is 1.44. The lowest BCUT2D eigenvalue weighted by atomic mass is 9.87. The van der Waals surface area contributed by atoms with Crippen molar-refractivity contribution in [2.45, 2.75) is 26.2 Å². The summed E-state index contributed by atoms with van der Waals surface area (Å²) < 4.78 is 5.29. The molecule has 0 radical (unpaired) electrons. The van der Waals surface area contributed by atoms with E-state index < -0.39 is 11.9 Å². The summed E-state index contributed by atoms with van der Waals surface area (Å²) in [5.74, 6) is 0.110. The van der Waals surface area contributed by atoms with Crippen LogP contribution in [0, 0.1) is 0 Å². The molecule has 19 heavy (non-hydrogen) atoms. The van der Waals surface area contributed by atoms with Gasteiger partial charge in [0.15, 0.2) is 6.61 Å². The van der Waals surface area contributed by atoms with E-state index in [0.29, 0.717) is 5.75 Å². The third kappa shape index (κ3) is 4.99. The van der Waals surface area contributed by atoms with Gasteiger partial charge in [-0.15, -0.1) is 0 Å². The van der Waals surface area contributed by atoms with Crippen LogP contribution in [0.5, 0.6) is 5.75 Å². The van der Waals surface area contributed by atoms with Gasteiger partial charge >= 0.3 is 6.03 Å². The molecule has 0 heterocycles. The first kappa shape index (κ1) is 15.0.